The molecule has 0 heterocycles. The summed E-state index contributed by atoms with van der Waals surface area (Å²) < 4.78 is 0. The molecule has 2 aromatic carbocycles. The number of carbonyl (C=O) groups excluding carboxylic acids is 2. The van der Waals surface area contributed by atoms with Crippen LogP contribution in [0.5, 0.6) is 0 Å². The number of ketones is 2. The van der Waals surface area contributed by atoms with Crippen LogP contribution in [0, 0.1) is 10.1 Å². The van der Waals surface area contributed by atoms with E-state index in [1.54, 1.807) is 24.3 Å². The lowest BCUT2D eigenvalue weighted by atomic mass is 9.76. The van der Waals surface area contributed by atoms with Crippen molar-refractivity contribution >= 4 is 17.3 Å². The van der Waals surface area contributed by atoms with Crippen molar-refractivity contribution in [2.75, 3.05) is 0 Å². The summed E-state index contributed by atoms with van der Waals surface area (Å²) in [7, 11) is 0. The molecule has 1 aliphatic carbocycles. The smallest absolute Gasteiger partial charge is 0.273 e. The summed E-state index contributed by atoms with van der Waals surface area (Å²) in [4.78, 5) is 36.5. The summed E-state index contributed by atoms with van der Waals surface area (Å²) in [5.74, 6) is -0.604. The van der Waals surface area contributed by atoms with Crippen LogP contribution in [0.2, 0.25) is 0 Å². The van der Waals surface area contributed by atoms with Crippen molar-refractivity contribution in [3.63, 3.8) is 0 Å². The quantitative estimate of drug-likeness (QED) is 0.538. The highest BCUT2D eigenvalue weighted by atomic mass is 16.6. The third-order valence-corrected chi connectivity index (χ3v) is 4.85. The Balaban J connectivity index is 2.32. The summed E-state index contributed by atoms with van der Waals surface area (Å²) in [6.45, 7) is 5.72. The third kappa shape index (κ3) is 2.24. The average molecular weight is 323 g/mol. The standard InChI is InChI=1S/C19H17NO4/c1-4-19(2,3)15-9-13-14(10-16(15)20(23)24)18(22)12-8-6-5-7-11(12)17(13)21/h5-10H,4H2,1-3H3. The van der Waals surface area contributed by atoms with Crippen LogP contribution in [-0.2, 0) is 5.41 Å². The Bertz CT molecular complexity index is 896. The first-order valence-electron chi connectivity index (χ1n) is 7.79. The van der Waals surface area contributed by atoms with Crippen LogP contribution in [0.1, 0.15) is 64.6 Å². The lowest BCUT2D eigenvalue weighted by Crippen LogP contribution is -2.24. The van der Waals surface area contributed by atoms with Crippen LogP contribution < -0.4 is 0 Å². The van der Waals surface area contributed by atoms with E-state index in [9.17, 15) is 19.7 Å². The first-order valence-corrected chi connectivity index (χ1v) is 7.79. The zero-order valence-corrected chi connectivity index (χ0v) is 13.8. The highest BCUT2D eigenvalue weighted by molar-refractivity contribution is 6.28. The molecule has 3 rings (SSSR count). The molecule has 0 fully saturated rings. The SMILES string of the molecule is CCC(C)(C)c1cc2c(cc1[N+](=O)[O-])C(=O)c1ccccc1C2=O. The van der Waals surface area contributed by atoms with Crippen molar-refractivity contribution < 1.29 is 14.5 Å². The molecule has 24 heavy (non-hydrogen) atoms. The zero-order chi connectivity index (χ0) is 17.6. The van der Waals surface area contributed by atoms with Gasteiger partial charge in [-0.1, -0.05) is 45.0 Å². The maximum atomic E-state index is 12.8. The topological polar surface area (TPSA) is 77.3 Å². The van der Waals surface area contributed by atoms with E-state index >= 15 is 0 Å². The first-order chi connectivity index (χ1) is 11.3. The van der Waals surface area contributed by atoms with Crippen LogP contribution in [0.15, 0.2) is 36.4 Å². The second-order valence-corrected chi connectivity index (χ2v) is 6.61. The second kappa shape index (κ2) is 5.37. The number of rotatable bonds is 3. The van der Waals surface area contributed by atoms with Gasteiger partial charge >= 0.3 is 0 Å². The lowest BCUT2D eigenvalue weighted by molar-refractivity contribution is -0.386. The number of nitro benzene ring substituents is 1. The van der Waals surface area contributed by atoms with Gasteiger partial charge in [-0.2, -0.15) is 0 Å². The van der Waals surface area contributed by atoms with E-state index < -0.39 is 10.3 Å². The minimum Gasteiger partial charge on any atom is -0.289 e. The number of hydrogen-bond acceptors (Lipinski definition) is 4. The maximum absolute atomic E-state index is 12.8. The largest absolute Gasteiger partial charge is 0.289 e. The highest BCUT2D eigenvalue weighted by Crippen LogP contribution is 2.38. The lowest BCUT2D eigenvalue weighted by Gasteiger charge is -2.25. The molecule has 5 heteroatoms. The van der Waals surface area contributed by atoms with Gasteiger partial charge in [0, 0.05) is 33.9 Å². The van der Waals surface area contributed by atoms with Gasteiger partial charge in [-0.3, -0.25) is 19.7 Å². The number of nitrogens with zero attached hydrogens (tertiary/aromatic N) is 1. The summed E-state index contributed by atoms with van der Waals surface area (Å²) in [5.41, 5.74) is 0.908. The molecule has 0 unspecified atom stereocenters. The van der Waals surface area contributed by atoms with Gasteiger partial charge in [0.1, 0.15) is 0 Å². The summed E-state index contributed by atoms with van der Waals surface area (Å²) >= 11 is 0. The Morgan fingerprint density at radius 1 is 0.958 bits per heavy atom. The molecule has 0 aliphatic heterocycles. The molecular weight excluding hydrogens is 306 g/mol. The molecule has 0 radical (unpaired) electrons. The van der Waals surface area contributed by atoms with Crippen LogP contribution >= 0.6 is 0 Å². The summed E-state index contributed by atoms with van der Waals surface area (Å²) in [5, 5.41) is 11.5. The van der Waals surface area contributed by atoms with Gasteiger partial charge in [-0.15, -0.1) is 0 Å². The van der Waals surface area contributed by atoms with Crippen molar-refractivity contribution in [2.45, 2.75) is 32.6 Å². The number of fused-ring (bicyclic) bond motifs is 2. The Kier molecular flexibility index (Phi) is 3.59. The molecule has 2 aromatic rings. The molecule has 0 N–H and O–H groups in total. The molecule has 0 spiro atoms. The maximum Gasteiger partial charge on any atom is 0.273 e. The van der Waals surface area contributed by atoms with Crippen LogP contribution in [0.3, 0.4) is 0 Å². The Morgan fingerprint density at radius 2 is 1.46 bits per heavy atom. The van der Waals surface area contributed by atoms with Gasteiger partial charge in [-0.25, -0.2) is 0 Å². The van der Waals surface area contributed by atoms with E-state index in [1.807, 2.05) is 20.8 Å². The minimum atomic E-state index is -0.481. The molecule has 5 nitrogen and oxygen atoms in total. The number of benzene rings is 2. The normalized spacial score (nSPS) is 13.5. The van der Waals surface area contributed by atoms with Crippen molar-refractivity contribution in [1.82, 2.24) is 0 Å². The Labute approximate surface area is 139 Å². The van der Waals surface area contributed by atoms with E-state index in [4.69, 9.17) is 0 Å². The first kappa shape index (κ1) is 16.1. The minimum absolute atomic E-state index is 0.110. The van der Waals surface area contributed by atoms with E-state index in [0.717, 1.165) is 0 Å². The van der Waals surface area contributed by atoms with E-state index in [1.165, 1.54) is 12.1 Å². The highest BCUT2D eigenvalue weighted by Gasteiger charge is 2.35. The van der Waals surface area contributed by atoms with E-state index in [2.05, 4.69) is 0 Å². The molecule has 0 saturated heterocycles. The number of carbonyl (C=O) groups is 2. The van der Waals surface area contributed by atoms with Crippen LogP contribution in [-0.4, -0.2) is 16.5 Å². The Morgan fingerprint density at radius 3 is 1.92 bits per heavy atom. The Hall–Kier alpha value is -2.82. The molecule has 0 atom stereocenters. The molecule has 0 saturated carbocycles. The number of nitro groups is 1. The van der Waals surface area contributed by atoms with Gasteiger partial charge in [0.2, 0.25) is 0 Å². The van der Waals surface area contributed by atoms with Crippen molar-refractivity contribution in [1.29, 1.82) is 0 Å². The van der Waals surface area contributed by atoms with Gasteiger partial charge in [0.25, 0.3) is 5.69 Å². The number of hydrogen-bond donors (Lipinski definition) is 0. The fraction of sp³-hybridized carbons (Fsp3) is 0.263. The predicted molar refractivity (Wildman–Crippen MR) is 89.7 cm³/mol. The molecule has 0 amide bonds. The summed E-state index contributed by atoms with van der Waals surface area (Å²) in [6.07, 6.45) is 0.672. The van der Waals surface area contributed by atoms with Gasteiger partial charge < -0.3 is 0 Å². The van der Waals surface area contributed by atoms with Crippen LogP contribution in [0.25, 0.3) is 0 Å². The molecule has 0 aromatic heterocycles. The van der Waals surface area contributed by atoms with Crippen LogP contribution in [0.4, 0.5) is 5.69 Å². The fourth-order valence-corrected chi connectivity index (χ4v) is 3.02. The van der Waals surface area contributed by atoms with Gasteiger partial charge in [-0.05, 0) is 17.9 Å². The molecular formula is C19H17NO4. The average Bonchev–Trinajstić information content (AvgIpc) is 2.58. The second-order valence-electron chi connectivity index (χ2n) is 6.61. The van der Waals surface area contributed by atoms with Crippen molar-refractivity contribution in [2.24, 2.45) is 0 Å². The van der Waals surface area contributed by atoms with Gasteiger partial charge in [0.15, 0.2) is 11.6 Å². The molecule has 0 bridgehead atoms. The molecule has 1 aliphatic rings. The van der Waals surface area contributed by atoms with E-state index in [0.29, 0.717) is 23.1 Å². The third-order valence-electron chi connectivity index (χ3n) is 4.85. The monoisotopic (exact) mass is 323 g/mol. The zero-order valence-electron chi connectivity index (χ0n) is 13.8. The van der Waals surface area contributed by atoms with Crippen molar-refractivity contribution in [3.8, 4) is 0 Å². The van der Waals surface area contributed by atoms with Crippen molar-refractivity contribution in [3.05, 3.63) is 74.3 Å². The molecule has 122 valence electrons. The fourth-order valence-electron chi connectivity index (χ4n) is 3.02. The van der Waals surface area contributed by atoms with E-state index in [-0.39, 0.29) is 28.4 Å². The summed E-state index contributed by atoms with van der Waals surface area (Å²) in [6, 6.07) is 9.37. The van der Waals surface area contributed by atoms with Gasteiger partial charge in [0.05, 0.1) is 4.92 Å². The predicted octanol–water partition coefficient (Wildman–Crippen LogP) is 4.06.